The number of nitriles is 1. The van der Waals surface area contributed by atoms with Gasteiger partial charge in [0.25, 0.3) is 17.7 Å². The van der Waals surface area contributed by atoms with Crippen LogP contribution in [0.15, 0.2) is 48.7 Å². The molecule has 1 N–H and O–H groups in total. The highest BCUT2D eigenvalue weighted by Gasteiger charge is 2.37. The molecule has 0 saturated carbocycles. The molecule has 0 atom stereocenters. The Hall–Kier alpha value is -4.84. The summed E-state index contributed by atoms with van der Waals surface area (Å²) in [6, 6.07) is 13.9. The molecule has 0 aliphatic carbocycles. The van der Waals surface area contributed by atoms with Crippen molar-refractivity contribution in [2.24, 2.45) is 0 Å². The third-order valence-electron chi connectivity index (χ3n) is 6.27. The smallest absolute Gasteiger partial charge is 0.261 e. The molecule has 9 nitrogen and oxygen atoms in total. The number of nitrogens with one attached hydrogen (secondary N) is 1. The van der Waals surface area contributed by atoms with Crippen LogP contribution in [-0.4, -0.2) is 43.4 Å². The van der Waals surface area contributed by atoms with Crippen molar-refractivity contribution in [2.75, 3.05) is 5.32 Å². The highest BCUT2D eigenvalue weighted by molar-refractivity contribution is 6.22. The Morgan fingerprint density at radius 2 is 1.78 bits per heavy atom. The number of fused-ring (bicyclic) bond motifs is 2. The molecule has 5 rings (SSSR count). The molecule has 4 aromatic rings. The van der Waals surface area contributed by atoms with Crippen molar-refractivity contribution in [1.29, 1.82) is 5.26 Å². The Morgan fingerprint density at radius 3 is 2.50 bits per heavy atom. The van der Waals surface area contributed by atoms with Gasteiger partial charge in [-0.15, -0.1) is 0 Å². The van der Waals surface area contributed by atoms with E-state index in [4.69, 9.17) is 4.98 Å². The van der Waals surface area contributed by atoms with Gasteiger partial charge in [-0.3, -0.25) is 19.3 Å². The number of hydrogen-bond donors (Lipinski definition) is 1. The number of nitrogens with zero attached hydrogens (tertiary/aromatic N) is 5. The van der Waals surface area contributed by atoms with Crippen molar-refractivity contribution in [3.63, 3.8) is 0 Å². The van der Waals surface area contributed by atoms with Crippen molar-refractivity contribution in [1.82, 2.24) is 19.7 Å². The van der Waals surface area contributed by atoms with Crippen LogP contribution in [-0.2, 0) is 0 Å². The van der Waals surface area contributed by atoms with Crippen molar-refractivity contribution in [3.8, 4) is 11.9 Å². The molecule has 2 aromatic carbocycles. The largest absolute Gasteiger partial charge is 0.305 e. The summed E-state index contributed by atoms with van der Waals surface area (Å²) in [7, 11) is 0. The summed E-state index contributed by atoms with van der Waals surface area (Å²) in [4.78, 5) is 44.4. The lowest BCUT2D eigenvalue weighted by Gasteiger charge is -2.17. The minimum absolute atomic E-state index is 0.158. The van der Waals surface area contributed by atoms with Gasteiger partial charge >= 0.3 is 0 Å². The van der Waals surface area contributed by atoms with Crippen LogP contribution in [0.4, 0.5) is 5.82 Å². The van der Waals surface area contributed by atoms with Crippen LogP contribution in [0, 0.1) is 25.2 Å². The topological polar surface area (TPSA) is 121 Å². The fourth-order valence-electron chi connectivity index (χ4n) is 4.43. The molecule has 1 aliphatic heterocycles. The molecule has 0 spiro atoms. The van der Waals surface area contributed by atoms with Gasteiger partial charge in [0.2, 0.25) is 0 Å². The Morgan fingerprint density at radius 1 is 1.03 bits per heavy atom. The highest BCUT2D eigenvalue weighted by atomic mass is 16.2. The first-order valence-electron chi connectivity index (χ1n) is 11.4. The maximum atomic E-state index is 13.2. The van der Waals surface area contributed by atoms with Crippen molar-refractivity contribution >= 4 is 34.4 Å². The quantitative estimate of drug-likeness (QED) is 0.440. The van der Waals surface area contributed by atoms with Crippen LogP contribution in [0.2, 0.25) is 0 Å². The van der Waals surface area contributed by atoms with Gasteiger partial charge in [-0.1, -0.05) is 18.2 Å². The molecular weight excluding hydrogens is 456 g/mol. The monoisotopic (exact) mass is 478 g/mol. The predicted octanol–water partition coefficient (Wildman–Crippen LogP) is 4.17. The van der Waals surface area contributed by atoms with E-state index in [1.165, 1.54) is 34.0 Å². The number of carbonyl (C=O) groups excluding carboxylic acids is 3. The molecule has 0 saturated heterocycles. The molecule has 3 amide bonds. The van der Waals surface area contributed by atoms with Crippen LogP contribution in [0.1, 0.15) is 61.6 Å². The average Bonchev–Trinajstić information content (AvgIpc) is 3.37. The summed E-state index contributed by atoms with van der Waals surface area (Å²) in [5, 5.41) is 17.7. The lowest BCUT2D eigenvalue weighted by Crippen LogP contribution is -2.35. The van der Waals surface area contributed by atoms with Crippen LogP contribution in [0.5, 0.6) is 0 Å². The molecule has 9 heteroatoms. The molecule has 1 aliphatic rings. The zero-order valence-corrected chi connectivity index (χ0v) is 20.2. The Bertz CT molecular complexity index is 1640. The lowest BCUT2D eigenvalue weighted by atomic mass is 10.1. The van der Waals surface area contributed by atoms with E-state index in [0.29, 0.717) is 5.82 Å². The van der Waals surface area contributed by atoms with Gasteiger partial charge in [0.15, 0.2) is 11.6 Å². The summed E-state index contributed by atoms with van der Waals surface area (Å²) >= 11 is 0. The van der Waals surface area contributed by atoms with Gasteiger partial charge in [0.1, 0.15) is 11.6 Å². The van der Waals surface area contributed by atoms with E-state index in [-0.39, 0.29) is 40.0 Å². The average molecular weight is 479 g/mol. The minimum Gasteiger partial charge on any atom is -0.305 e. The van der Waals surface area contributed by atoms with Gasteiger partial charge < -0.3 is 5.32 Å². The number of rotatable bonds is 4. The maximum Gasteiger partial charge on any atom is 0.261 e. The van der Waals surface area contributed by atoms with Gasteiger partial charge in [-0.05, 0) is 63.1 Å². The first kappa shape index (κ1) is 22.9. The number of aryl methyl sites for hydroxylation is 2. The second-order valence-electron chi connectivity index (χ2n) is 8.99. The van der Waals surface area contributed by atoms with Crippen LogP contribution < -0.4 is 5.32 Å². The molecular formula is C27H22N6O3. The molecule has 178 valence electrons. The number of amides is 3. The Balaban J connectivity index is 1.53. The van der Waals surface area contributed by atoms with Crippen LogP contribution >= 0.6 is 0 Å². The number of aromatic nitrogens is 3. The number of carbonyl (C=O) groups is 3. The molecule has 0 unspecified atom stereocenters. The van der Waals surface area contributed by atoms with E-state index in [1.807, 2.05) is 44.2 Å². The van der Waals surface area contributed by atoms with Crippen molar-refractivity contribution < 1.29 is 14.4 Å². The second-order valence-corrected chi connectivity index (χ2v) is 8.99. The first-order chi connectivity index (χ1) is 17.2. The number of benzene rings is 2. The van der Waals surface area contributed by atoms with Crippen LogP contribution in [0.3, 0.4) is 0 Å². The summed E-state index contributed by atoms with van der Waals surface area (Å²) in [5.41, 5.74) is 3.54. The minimum atomic E-state index is -0.548. The Kier molecular flexibility index (Phi) is 5.37. The van der Waals surface area contributed by atoms with Gasteiger partial charge in [-0.25, -0.2) is 4.98 Å². The van der Waals surface area contributed by atoms with Crippen LogP contribution in [0.25, 0.3) is 16.7 Å². The van der Waals surface area contributed by atoms with Gasteiger partial charge in [0.05, 0.1) is 22.8 Å². The van der Waals surface area contributed by atoms with E-state index in [2.05, 4.69) is 10.4 Å². The van der Waals surface area contributed by atoms with E-state index >= 15 is 0 Å². The molecule has 2 aromatic heterocycles. The zero-order chi connectivity index (χ0) is 25.7. The fourth-order valence-corrected chi connectivity index (χ4v) is 4.43. The van der Waals surface area contributed by atoms with Crippen molar-refractivity contribution in [3.05, 3.63) is 82.0 Å². The van der Waals surface area contributed by atoms with E-state index in [0.717, 1.165) is 22.0 Å². The predicted molar refractivity (Wildman–Crippen MR) is 133 cm³/mol. The first-order valence-corrected chi connectivity index (χ1v) is 11.4. The number of pyridine rings is 1. The number of anilines is 1. The third kappa shape index (κ3) is 3.51. The van der Waals surface area contributed by atoms with E-state index in [9.17, 15) is 19.6 Å². The number of imide groups is 1. The van der Waals surface area contributed by atoms with Gasteiger partial charge in [-0.2, -0.15) is 15.0 Å². The van der Waals surface area contributed by atoms with Crippen molar-refractivity contribution in [2.45, 2.75) is 33.7 Å². The summed E-state index contributed by atoms with van der Waals surface area (Å²) < 4.78 is 1.41. The summed E-state index contributed by atoms with van der Waals surface area (Å²) in [5.74, 6) is -0.751. The van der Waals surface area contributed by atoms with Gasteiger partial charge in [0, 0.05) is 17.0 Å². The standard InChI is InChI=1S/C27H22N6O3/c1-14(2)32-26(35)20-9-8-17(11-21(20)27(32)36)25(34)31-24-18(12-28)13-29-33(24)22-10-16(4)19-7-5-6-15(3)23(19)30-22/h5-11,13-14H,1-4H3,(H,31,34). The SMILES string of the molecule is Cc1cc(-n2ncc(C#N)c2NC(=O)c2ccc3c(c2)C(=O)N(C(C)C)C3=O)nc2c(C)cccc12. The second kappa shape index (κ2) is 8.43. The molecule has 3 heterocycles. The van der Waals surface area contributed by atoms with E-state index in [1.54, 1.807) is 13.8 Å². The molecule has 36 heavy (non-hydrogen) atoms. The highest BCUT2D eigenvalue weighted by Crippen LogP contribution is 2.28. The molecule has 0 radical (unpaired) electrons. The number of para-hydroxylation sites is 1. The zero-order valence-electron chi connectivity index (χ0n) is 20.2. The molecule has 0 bridgehead atoms. The maximum absolute atomic E-state index is 13.2. The summed E-state index contributed by atoms with van der Waals surface area (Å²) in [6.07, 6.45) is 1.36. The molecule has 0 fully saturated rings. The third-order valence-corrected chi connectivity index (χ3v) is 6.27. The lowest BCUT2D eigenvalue weighted by molar-refractivity contribution is 0.0609. The summed E-state index contributed by atoms with van der Waals surface area (Å²) in [6.45, 7) is 7.43. The fraction of sp³-hybridized carbons (Fsp3) is 0.185. The number of hydrogen-bond acceptors (Lipinski definition) is 6. The van der Waals surface area contributed by atoms with E-state index < -0.39 is 11.8 Å². The normalized spacial score (nSPS) is 12.8. The Labute approximate surface area is 207 Å².